The van der Waals surface area contributed by atoms with E-state index < -0.39 is 0 Å². The van der Waals surface area contributed by atoms with E-state index in [0.717, 1.165) is 31.0 Å². The highest BCUT2D eigenvalue weighted by molar-refractivity contribution is 5.55. The predicted molar refractivity (Wildman–Crippen MR) is 113 cm³/mol. The molecule has 7 nitrogen and oxygen atoms in total. The van der Waals surface area contributed by atoms with E-state index in [2.05, 4.69) is 21.2 Å². The number of nitrogens with one attached hydrogen (secondary N) is 1. The number of nitrogens with zero attached hydrogens (tertiary/aromatic N) is 3. The van der Waals surface area contributed by atoms with Gasteiger partial charge < -0.3 is 19.1 Å². The molecule has 2 atom stereocenters. The third kappa shape index (κ3) is 3.61. The highest BCUT2D eigenvalue weighted by atomic mass is 16.7. The molecule has 7 heteroatoms. The fourth-order valence-electron chi connectivity index (χ4n) is 5.66. The Labute approximate surface area is 178 Å². The normalized spacial score (nSPS) is 32.4. The van der Waals surface area contributed by atoms with Gasteiger partial charge in [0.05, 0.1) is 37.5 Å². The number of hydrogen-bond donors (Lipinski definition) is 2. The molecule has 1 saturated heterocycles. The summed E-state index contributed by atoms with van der Waals surface area (Å²) in [6.45, 7) is 3.76. The molecule has 0 aromatic carbocycles. The average Bonchev–Trinajstić information content (AvgIpc) is 3.49. The summed E-state index contributed by atoms with van der Waals surface area (Å²) in [5.41, 5.74) is 3.67. The molecule has 2 aromatic heterocycles. The van der Waals surface area contributed by atoms with E-state index in [1.165, 1.54) is 57.1 Å². The highest BCUT2D eigenvalue weighted by Gasteiger charge is 2.50. The fraction of sp³-hybridized carbons (Fsp3) is 0.739. The number of aliphatic hydroxyl groups excluding tert-OH is 1. The van der Waals surface area contributed by atoms with Crippen LogP contribution in [-0.2, 0) is 14.9 Å². The summed E-state index contributed by atoms with van der Waals surface area (Å²) in [6, 6.07) is 2.20. The lowest BCUT2D eigenvalue weighted by Gasteiger charge is -2.53. The van der Waals surface area contributed by atoms with Gasteiger partial charge in [-0.15, -0.1) is 0 Å². The lowest BCUT2D eigenvalue weighted by Crippen LogP contribution is -2.47. The number of imidazole rings is 1. The van der Waals surface area contributed by atoms with Gasteiger partial charge in [0.25, 0.3) is 0 Å². The lowest BCUT2D eigenvalue weighted by molar-refractivity contribution is -0.188. The Morgan fingerprint density at radius 1 is 1.27 bits per heavy atom. The van der Waals surface area contributed by atoms with Crippen molar-refractivity contribution >= 4 is 0 Å². The van der Waals surface area contributed by atoms with E-state index in [-0.39, 0.29) is 24.4 Å². The number of aromatic amines is 1. The maximum atomic E-state index is 9.53. The van der Waals surface area contributed by atoms with Crippen LogP contribution in [0.1, 0.15) is 76.4 Å². The number of aromatic nitrogens is 4. The number of aliphatic hydroxyl groups is 1. The van der Waals surface area contributed by atoms with Crippen LogP contribution in [0.15, 0.2) is 18.6 Å². The Morgan fingerprint density at radius 3 is 2.77 bits per heavy atom. The third-order valence-corrected chi connectivity index (χ3v) is 7.93. The van der Waals surface area contributed by atoms with Crippen LogP contribution in [-0.4, -0.2) is 51.0 Å². The van der Waals surface area contributed by atoms with Crippen LogP contribution in [0.3, 0.4) is 0 Å². The number of ether oxygens (including phenoxy) is 2. The Hall–Kier alpha value is -1.70. The van der Waals surface area contributed by atoms with Crippen molar-refractivity contribution in [2.45, 2.75) is 82.5 Å². The molecule has 1 unspecified atom stereocenters. The van der Waals surface area contributed by atoms with Crippen LogP contribution in [0.25, 0.3) is 11.4 Å². The minimum Gasteiger partial charge on any atom is -0.394 e. The quantitative estimate of drug-likeness (QED) is 0.716. The molecule has 0 radical (unpaired) electrons. The van der Waals surface area contributed by atoms with Gasteiger partial charge in [-0.3, -0.25) is 5.10 Å². The zero-order valence-electron chi connectivity index (χ0n) is 18.0. The average molecular weight is 415 g/mol. The molecule has 6 rings (SSSR count). The zero-order valence-corrected chi connectivity index (χ0v) is 18.0. The SMILES string of the molecule is C[C@@H](CO)n1cncc1-c1cc(C23CCC(COC4CCCCO4)(CC2)CC3)[nH]n1. The lowest BCUT2D eigenvalue weighted by atomic mass is 9.53. The van der Waals surface area contributed by atoms with Gasteiger partial charge in [-0.05, 0) is 76.2 Å². The van der Waals surface area contributed by atoms with Crippen LogP contribution in [0.4, 0.5) is 0 Å². The molecule has 3 aliphatic carbocycles. The summed E-state index contributed by atoms with van der Waals surface area (Å²) < 4.78 is 14.0. The van der Waals surface area contributed by atoms with E-state index in [1.807, 2.05) is 17.7 Å². The summed E-state index contributed by atoms with van der Waals surface area (Å²) in [4.78, 5) is 4.28. The zero-order chi connectivity index (χ0) is 20.6. The van der Waals surface area contributed by atoms with Gasteiger partial charge in [0, 0.05) is 17.7 Å². The molecule has 4 fully saturated rings. The standard InChI is InChI=1S/C23H34N4O3/c1-17(14-28)27-16-24-13-19(27)18-12-20(26-25-18)23-8-5-22(6-9-23,7-10-23)15-30-21-4-2-3-11-29-21/h12-13,16-17,21,28H,2-11,14-15H2,1H3,(H,25,26)/t17-,21?,22?,23?/m0/s1. The van der Waals surface area contributed by atoms with Crippen LogP contribution in [0.2, 0.25) is 0 Å². The van der Waals surface area contributed by atoms with E-state index >= 15 is 0 Å². The molecule has 2 aromatic rings. The highest BCUT2D eigenvalue weighted by Crippen LogP contribution is 2.57. The van der Waals surface area contributed by atoms with Gasteiger partial charge in [0.15, 0.2) is 6.29 Å². The minimum absolute atomic E-state index is 0.0149. The number of rotatable bonds is 7. The predicted octanol–water partition coefficient (Wildman–Crippen LogP) is 3.96. The van der Waals surface area contributed by atoms with Crippen molar-refractivity contribution in [3.05, 3.63) is 24.3 Å². The molecule has 30 heavy (non-hydrogen) atoms. The van der Waals surface area contributed by atoms with Crippen LogP contribution in [0.5, 0.6) is 0 Å². The van der Waals surface area contributed by atoms with Gasteiger partial charge in [0.1, 0.15) is 5.69 Å². The molecule has 4 aliphatic rings. The molecule has 3 heterocycles. The molecule has 0 amide bonds. The van der Waals surface area contributed by atoms with Crippen molar-refractivity contribution in [1.29, 1.82) is 0 Å². The van der Waals surface area contributed by atoms with E-state index in [0.29, 0.717) is 5.41 Å². The monoisotopic (exact) mass is 414 g/mol. The van der Waals surface area contributed by atoms with Gasteiger partial charge in [-0.2, -0.15) is 5.10 Å². The van der Waals surface area contributed by atoms with Gasteiger partial charge in [0.2, 0.25) is 0 Å². The van der Waals surface area contributed by atoms with Crippen LogP contribution in [0, 0.1) is 5.41 Å². The van der Waals surface area contributed by atoms with Gasteiger partial charge in [-0.1, -0.05) is 0 Å². The van der Waals surface area contributed by atoms with E-state index in [4.69, 9.17) is 9.47 Å². The Morgan fingerprint density at radius 2 is 2.07 bits per heavy atom. The smallest absolute Gasteiger partial charge is 0.157 e. The number of fused-ring (bicyclic) bond motifs is 3. The Balaban J connectivity index is 1.26. The maximum absolute atomic E-state index is 9.53. The first kappa shape index (κ1) is 20.2. The summed E-state index contributed by atoms with van der Waals surface area (Å²) in [5.74, 6) is 0. The van der Waals surface area contributed by atoms with Crippen molar-refractivity contribution in [3.63, 3.8) is 0 Å². The van der Waals surface area contributed by atoms with Crippen molar-refractivity contribution < 1.29 is 14.6 Å². The molecule has 2 N–H and O–H groups in total. The minimum atomic E-state index is -0.0149. The van der Waals surface area contributed by atoms with Crippen molar-refractivity contribution in [2.24, 2.45) is 5.41 Å². The van der Waals surface area contributed by atoms with Crippen LogP contribution >= 0.6 is 0 Å². The second kappa shape index (κ2) is 8.09. The Kier molecular flexibility index (Phi) is 5.45. The number of H-pyrrole nitrogens is 1. The molecule has 164 valence electrons. The first-order chi connectivity index (χ1) is 14.6. The Bertz CT molecular complexity index is 830. The van der Waals surface area contributed by atoms with Crippen molar-refractivity contribution in [3.8, 4) is 11.4 Å². The van der Waals surface area contributed by atoms with E-state index in [1.54, 1.807) is 6.33 Å². The topological polar surface area (TPSA) is 85.2 Å². The van der Waals surface area contributed by atoms with Gasteiger partial charge in [-0.25, -0.2) is 4.98 Å². The summed E-state index contributed by atoms with van der Waals surface area (Å²) in [5, 5.41) is 17.5. The fourth-order valence-corrected chi connectivity index (χ4v) is 5.66. The third-order valence-electron chi connectivity index (χ3n) is 7.93. The molecule has 0 spiro atoms. The molecule has 3 saturated carbocycles. The maximum Gasteiger partial charge on any atom is 0.157 e. The van der Waals surface area contributed by atoms with Crippen molar-refractivity contribution in [1.82, 2.24) is 19.7 Å². The van der Waals surface area contributed by atoms with Crippen molar-refractivity contribution in [2.75, 3.05) is 19.8 Å². The summed E-state index contributed by atoms with van der Waals surface area (Å²) in [6.07, 6.45) is 14.3. The second-order valence-corrected chi connectivity index (χ2v) is 9.77. The molecule has 1 aliphatic heterocycles. The second-order valence-electron chi connectivity index (χ2n) is 9.77. The first-order valence-electron chi connectivity index (χ1n) is 11.6. The summed E-state index contributed by atoms with van der Waals surface area (Å²) in [7, 11) is 0. The summed E-state index contributed by atoms with van der Waals surface area (Å²) >= 11 is 0. The largest absolute Gasteiger partial charge is 0.394 e. The van der Waals surface area contributed by atoms with Gasteiger partial charge >= 0.3 is 0 Å². The first-order valence-corrected chi connectivity index (χ1v) is 11.6. The molecular weight excluding hydrogens is 380 g/mol. The van der Waals surface area contributed by atoms with E-state index in [9.17, 15) is 5.11 Å². The molecular formula is C23H34N4O3. The number of hydrogen-bond acceptors (Lipinski definition) is 5. The molecule has 2 bridgehead atoms. The van der Waals surface area contributed by atoms with Crippen LogP contribution < -0.4 is 0 Å².